The molecule has 1 aliphatic heterocycles. The van der Waals surface area contributed by atoms with Crippen molar-refractivity contribution in [1.82, 2.24) is 0 Å². The number of rotatable bonds is 5. The largest absolute Gasteiger partial charge is 0.384 e. The Morgan fingerprint density at radius 1 is 1.44 bits per heavy atom. The monoisotopic (exact) mass is 248 g/mol. The van der Waals surface area contributed by atoms with Gasteiger partial charge >= 0.3 is 0 Å². The second-order valence-electron chi connectivity index (χ2n) is 5.23. The molecule has 0 spiro atoms. The number of anilines is 1. The van der Waals surface area contributed by atoms with Crippen molar-refractivity contribution < 1.29 is 4.74 Å². The zero-order chi connectivity index (χ0) is 13.0. The maximum Gasteiger partial charge on any atom is 0.0508 e. The van der Waals surface area contributed by atoms with Crippen molar-refractivity contribution >= 4 is 5.69 Å². The summed E-state index contributed by atoms with van der Waals surface area (Å²) < 4.78 is 5.26. The van der Waals surface area contributed by atoms with Crippen LogP contribution in [0.5, 0.6) is 0 Å². The van der Waals surface area contributed by atoms with Crippen LogP contribution >= 0.6 is 0 Å². The zero-order valence-electron chi connectivity index (χ0n) is 11.5. The van der Waals surface area contributed by atoms with Crippen molar-refractivity contribution in [3.8, 4) is 0 Å². The maximum absolute atomic E-state index is 5.71. The van der Waals surface area contributed by atoms with Crippen LogP contribution in [-0.2, 0) is 11.2 Å². The fourth-order valence-corrected chi connectivity index (χ4v) is 2.80. The third-order valence-electron chi connectivity index (χ3n) is 3.68. The first-order chi connectivity index (χ1) is 8.74. The number of benzene rings is 1. The average molecular weight is 248 g/mol. The first-order valence-electron chi connectivity index (χ1n) is 6.78. The van der Waals surface area contributed by atoms with Crippen molar-refractivity contribution in [1.29, 1.82) is 0 Å². The summed E-state index contributed by atoms with van der Waals surface area (Å²) in [6, 6.07) is 6.71. The molecule has 0 amide bonds. The lowest BCUT2D eigenvalue weighted by molar-refractivity contribution is 0.161. The van der Waals surface area contributed by atoms with Crippen LogP contribution in [0.4, 0.5) is 5.69 Å². The molecule has 1 saturated heterocycles. The van der Waals surface area contributed by atoms with Gasteiger partial charge in [0, 0.05) is 31.8 Å². The lowest BCUT2D eigenvalue weighted by atomic mass is 10.1. The lowest BCUT2D eigenvalue weighted by Gasteiger charge is -2.22. The van der Waals surface area contributed by atoms with E-state index in [-0.39, 0.29) is 0 Å². The van der Waals surface area contributed by atoms with E-state index in [1.54, 1.807) is 7.11 Å². The standard InChI is InChI=1S/C15H24N2O/c1-12-3-4-15(14(9-12)5-7-16)17-8-6-13(10-17)11-18-2/h3-4,9,13H,5-8,10-11,16H2,1-2H3. The molecule has 3 nitrogen and oxygen atoms in total. The minimum absolute atomic E-state index is 0.669. The van der Waals surface area contributed by atoms with Gasteiger partial charge in [-0.25, -0.2) is 0 Å². The SMILES string of the molecule is COCC1CCN(c2ccc(C)cc2CCN)C1. The molecule has 1 aromatic rings. The van der Waals surface area contributed by atoms with E-state index >= 15 is 0 Å². The molecule has 0 aliphatic carbocycles. The molecule has 1 aliphatic rings. The quantitative estimate of drug-likeness (QED) is 0.866. The van der Waals surface area contributed by atoms with Crippen LogP contribution in [0.15, 0.2) is 18.2 Å². The van der Waals surface area contributed by atoms with E-state index in [0.29, 0.717) is 12.5 Å². The molecule has 18 heavy (non-hydrogen) atoms. The minimum atomic E-state index is 0.669. The molecule has 2 rings (SSSR count). The third kappa shape index (κ3) is 3.03. The Kier molecular flexibility index (Phi) is 4.61. The second kappa shape index (κ2) is 6.21. The highest BCUT2D eigenvalue weighted by molar-refractivity contribution is 5.56. The predicted octanol–water partition coefficient (Wildman–Crippen LogP) is 1.97. The Bertz CT molecular complexity index is 392. The smallest absolute Gasteiger partial charge is 0.0508 e. The van der Waals surface area contributed by atoms with Gasteiger partial charge in [0.25, 0.3) is 0 Å². The highest BCUT2D eigenvalue weighted by atomic mass is 16.5. The van der Waals surface area contributed by atoms with Crippen molar-refractivity contribution in [2.24, 2.45) is 11.7 Å². The summed E-state index contributed by atoms with van der Waals surface area (Å²) >= 11 is 0. The summed E-state index contributed by atoms with van der Waals surface area (Å²) in [4.78, 5) is 2.48. The second-order valence-corrected chi connectivity index (χ2v) is 5.23. The zero-order valence-corrected chi connectivity index (χ0v) is 11.5. The van der Waals surface area contributed by atoms with Gasteiger partial charge in [-0.1, -0.05) is 17.7 Å². The Hall–Kier alpha value is -1.06. The highest BCUT2D eigenvalue weighted by Crippen LogP contribution is 2.28. The minimum Gasteiger partial charge on any atom is -0.384 e. The molecule has 0 aromatic heterocycles. The van der Waals surface area contributed by atoms with Crippen molar-refractivity contribution in [2.45, 2.75) is 19.8 Å². The number of nitrogens with two attached hydrogens (primary N) is 1. The fourth-order valence-electron chi connectivity index (χ4n) is 2.80. The fraction of sp³-hybridized carbons (Fsp3) is 0.600. The van der Waals surface area contributed by atoms with Gasteiger partial charge in [0.15, 0.2) is 0 Å². The average Bonchev–Trinajstić information content (AvgIpc) is 2.79. The van der Waals surface area contributed by atoms with Crippen molar-refractivity contribution in [3.05, 3.63) is 29.3 Å². The van der Waals surface area contributed by atoms with Gasteiger partial charge in [0.05, 0.1) is 6.61 Å². The molecule has 1 heterocycles. The normalized spacial score (nSPS) is 19.5. The van der Waals surface area contributed by atoms with E-state index in [4.69, 9.17) is 10.5 Å². The molecule has 3 heteroatoms. The molecule has 1 aromatic carbocycles. The molecule has 1 unspecified atom stereocenters. The van der Waals surface area contributed by atoms with Crippen molar-refractivity contribution in [3.63, 3.8) is 0 Å². The van der Waals surface area contributed by atoms with E-state index in [9.17, 15) is 0 Å². The molecule has 1 atom stereocenters. The molecule has 0 saturated carbocycles. The van der Waals surface area contributed by atoms with Gasteiger partial charge in [-0.3, -0.25) is 0 Å². The Morgan fingerprint density at radius 2 is 2.28 bits per heavy atom. The van der Waals surface area contributed by atoms with Gasteiger partial charge in [-0.15, -0.1) is 0 Å². The van der Waals surface area contributed by atoms with Crippen LogP contribution in [0, 0.1) is 12.8 Å². The summed E-state index contributed by atoms with van der Waals surface area (Å²) in [5.41, 5.74) is 9.78. The number of hydrogen-bond acceptors (Lipinski definition) is 3. The van der Waals surface area contributed by atoms with Crippen LogP contribution in [0.1, 0.15) is 17.5 Å². The van der Waals surface area contributed by atoms with Crippen LogP contribution in [-0.4, -0.2) is 33.4 Å². The molecular weight excluding hydrogens is 224 g/mol. The van der Waals surface area contributed by atoms with Gasteiger partial charge in [0.2, 0.25) is 0 Å². The van der Waals surface area contributed by atoms with Gasteiger partial charge < -0.3 is 15.4 Å². The first kappa shape index (κ1) is 13.4. The van der Waals surface area contributed by atoms with Crippen LogP contribution in [0.2, 0.25) is 0 Å². The Balaban J connectivity index is 2.13. The Labute approximate surface area is 110 Å². The molecule has 0 bridgehead atoms. The van der Waals surface area contributed by atoms with E-state index in [1.165, 1.54) is 23.2 Å². The number of hydrogen-bond donors (Lipinski definition) is 1. The van der Waals surface area contributed by atoms with Gasteiger partial charge in [-0.05, 0) is 37.9 Å². The predicted molar refractivity (Wildman–Crippen MR) is 76.1 cm³/mol. The molecule has 100 valence electrons. The summed E-state index contributed by atoms with van der Waals surface area (Å²) in [5, 5.41) is 0. The summed E-state index contributed by atoms with van der Waals surface area (Å²) in [5.74, 6) is 0.669. The van der Waals surface area contributed by atoms with Gasteiger partial charge in [0.1, 0.15) is 0 Å². The summed E-state index contributed by atoms with van der Waals surface area (Å²) in [7, 11) is 1.79. The molecule has 0 radical (unpaired) electrons. The lowest BCUT2D eigenvalue weighted by Crippen LogP contribution is -2.22. The highest BCUT2D eigenvalue weighted by Gasteiger charge is 2.23. The maximum atomic E-state index is 5.71. The van der Waals surface area contributed by atoms with Crippen LogP contribution in [0.3, 0.4) is 0 Å². The molecular formula is C15H24N2O. The van der Waals surface area contributed by atoms with E-state index in [2.05, 4.69) is 30.0 Å². The Morgan fingerprint density at radius 3 is 3.00 bits per heavy atom. The van der Waals surface area contributed by atoms with Crippen molar-refractivity contribution in [2.75, 3.05) is 38.3 Å². The number of ether oxygens (including phenoxy) is 1. The van der Waals surface area contributed by atoms with E-state index in [0.717, 1.165) is 26.1 Å². The van der Waals surface area contributed by atoms with Gasteiger partial charge in [-0.2, -0.15) is 0 Å². The van der Waals surface area contributed by atoms with E-state index in [1.807, 2.05) is 0 Å². The topological polar surface area (TPSA) is 38.5 Å². The first-order valence-corrected chi connectivity index (χ1v) is 6.78. The number of methoxy groups -OCH3 is 1. The van der Waals surface area contributed by atoms with Crippen LogP contribution < -0.4 is 10.6 Å². The number of nitrogens with zero attached hydrogens (tertiary/aromatic N) is 1. The van der Waals surface area contributed by atoms with Crippen LogP contribution in [0.25, 0.3) is 0 Å². The van der Waals surface area contributed by atoms with E-state index < -0.39 is 0 Å². The number of aryl methyl sites for hydroxylation is 1. The third-order valence-corrected chi connectivity index (χ3v) is 3.68. The summed E-state index contributed by atoms with van der Waals surface area (Å²) in [6.07, 6.45) is 2.19. The molecule has 1 fully saturated rings. The summed E-state index contributed by atoms with van der Waals surface area (Å²) in [6.45, 7) is 5.96. The molecule has 2 N–H and O–H groups in total.